The largest absolute Gasteiger partial charge is 0.479 e. The SMILES string of the molecule is C[C@@H](Oc1ccc(Cl)cc1Cl)C(=O)Nc1cc(Cl)cc(Cl)c1. The van der Waals surface area contributed by atoms with Crippen LogP contribution in [0.4, 0.5) is 5.69 Å². The van der Waals surface area contributed by atoms with Crippen LogP contribution in [0, 0.1) is 0 Å². The van der Waals surface area contributed by atoms with Gasteiger partial charge in [-0.25, -0.2) is 0 Å². The van der Waals surface area contributed by atoms with Crippen LogP contribution < -0.4 is 10.1 Å². The first-order valence-electron chi connectivity index (χ1n) is 6.24. The number of ether oxygens (including phenoxy) is 1. The van der Waals surface area contributed by atoms with Gasteiger partial charge in [0.05, 0.1) is 5.02 Å². The zero-order chi connectivity index (χ0) is 16.3. The van der Waals surface area contributed by atoms with E-state index in [0.29, 0.717) is 31.5 Å². The fourth-order valence-corrected chi connectivity index (χ4v) is 2.66. The number of carbonyl (C=O) groups is 1. The molecule has 0 bridgehead atoms. The lowest BCUT2D eigenvalue weighted by Crippen LogP contribution is -2.30. The van der Waals surface area contributed by atoms with Gasteiger partial charge in [0.25, 0.3) is 5.91 Å². The molecule has 0 saturated carbocycles. The number of halogens is 4. The maximum Gasteiger partial charge on any atom is 0.265 e. The summed E-state index contributed by atoms with van der Waals surface area (Å²) in [4.78, 5) is 12.1. The predicted octanol–water partition coefficient (Wildman–Crippen LogP) is 5.71. The summed E-state index contributed by atoms with van der Waals surface area (Å²) in [6.45, 7) is 1.60. The number of carbonyl (C=O) groups excluding carboxylic acids is 1. The minimum atomic E-state index is -0.767. The molecule has 22 heavy (non-hydrogen) atoms. The number of anilines is 1. The molecule has 0 fully saturated rings. The van der Waals surface area contributed by atoms with Gasteiger partial charge in [-0.05, 0) is 43.3 Å². The molecule has 0 unspecified atom stereocenters. The van der Waals surface area contributed by atoms with Crippen molar-refractivity contribution in [3.8, 4) is 5.75 Å². The van der Waals surface area contributed by atoms with Gasteiger partial charge in [0.2, 0.25) is 0 Å². The minimum Gasteiger partial charge on any atom is -0.479 e. The van der Waals surface area contributed by atoms with E-state index in [9.17, 15) is 4.79 Å². The third-order valence-corrected chi connectivity index (χ3v) is 3.66. The Morgan fingerprint density at radius 1 is 1.00 bits per heavy atom. The third-order valence-electron chi connectivity index (χ3n) is 2.70. The minimum absolute atomic E-state index is 0.331. The fourth-order valence-electron chi connectivity index (χ4n) is 1.68. The standard InChI is InChI=1S/C15H11Cl4NO2/c1-8(22-14-3-2-9(16)7-13(14)19)15(21)20-12-5-10(17)4-11(18)6-12/h2-8H,1H3,(H,20,21)/t8-/m1/s1. The summed E-state index contributed by atoms with van der Waals surface area (Å²) in [7, 11) is 0. The molecule has 0 spiro atoms. The van der Waals surface area contributed by atoms with Gasteiger partial charge in [-0.3, -0.25) is 4.79 Å². The molecule has 7 heteroatoms. The fraction of sp³-hybridized carbons (Fsp3) is 0.133. The molecule has 0 heterocycles. The summed E-state index contributed by atoms with van der Waals surface area (Å²) in [5.41, 5.74) is 0.486. The monoisotopic (exact) mass is 377 g/mol. The van der Waals surface area contributed by atoms with Crippen LogP contribution >= 0.6 is 46.4 Å². The van der Waals surface area contributed by atoms with E-state index in [1.807, 2.05) is 0 Å². The Morgan fingerprint density at radius 3 is 2.23 bits per heavy atom. The molecule has 2 aromatic carbocycles. The van der Waals surface area contributed by atoms with Gasteiger partial charge in [-0.2, -0.15) is 0 Å². The Bertz CT molecular complexity index is 686. The average molecular weight is 379 g/mol. The highest BCUT2D eigenvalue weighted by Crippen LogP contribution is 2.28. The summed E-state index contributed by atoms with van der Waals surface area (Å²) in [6.07, 6.45) is -0.767. The lowest BCUT2D eigenvalue weighted by atomic mass is 10.3. The second kappa shape index (κ2) is 7.42. The lowest BCUT2D eigenvalue weighted by molar-refractivity contribution is -0.122. The van der Waals surface area contributed by atoms with Gasteiger partial charge in [-0.1, -0.05) is 46.4 Å². The molecule has 0 aromatic heterocycles. The molecule has 0 aliphatic rings. The molecule has 0 radical (unpaired) electrons. The van der Waals surface area contributed by atoms with E-state index in [1.165, 1.54) is 0 Å². The number of nitrogens with one attached hydrogen (secondary N) is 1. The van der Waals surface area contributed by atoms with Gasteiger partial charge in [0, 0.05) is 20.8 Å². The van der Waals surface area contributed by atoms with Gasteiger partial charge < -0.3 is 10.1 Å². The van der Waals surface area contributed by atoms with E-state index in [-0.39, 0.29) is 5.91 Å². The molecular formula is C15H11Cl4NO2. The van der Waals surface area contributed by atoms with Crippen molar-refractivity contribution < 1.29 is 9.53 Å². The predicted molar refractivity (Wildman–Crippen MR) is 91.6 cm³/mol. The number of hydrogen-bond donors (Lipinski definition) is 1. The van der Waals surface area contributed by atoms with Crippen molar-refractivity contribution >= 4 is 58.0 Å². The second-order valence-corrected chi connectivity index (χ2v) is 6.20. The Morgan fingerprint density at radius 2 is 1.64 bits per heavy atom. The van der Waals surface area contributed by atoms with Crippen molar-refractivity contribution in [2.75, 3.05) is 5.32 Å². The van der Waals surface area contributed by atoms with Gasteiger partial charge in [-0.15, -0.1) is 0 Å². The van der Waals surface area contributed by atoms with Gasteiger partial charge >= 0.3 is 0 Å². The number of hydrogen-bond acceptors (Lipinski definition) is 2. The molecule has 0 aliphatic heterocycles. The van der Waals surface area contributed by atoms with E-state index in [2.05, 4.69) is 5.32 Å². The smallest absolute Gasteiger partial charge is 0.265 e. The number of benzene rings is 2. The molecule has 2 rings (SSSR count). The maximum atomic E-state index is 12.1. The zero-order valence-corrected chi connectivity index (χ0v) is 14.4. The Labute approximate surface area is 148 Å². The number of amides is 1. The van der Waals surface area contributed by atoms with Crippen LogP contribution in [0.15, 0.2) is 36.4 Å². The van der Waals surface area contributed by atoms with E-state index in [4.69, 9.17) is 51.1 Å². The summed E-state index contributed by atoms with van der Waals surface area (Å²) >= 11 is 23.6. The van der Waals surface area contributed by atoms with Crippen LogP contribution in [0.2, 0.25) is 20.1 Å². The van der Waals surface area contributed by atoms with Gasteiger partial charge in [0.15, 0.2) is 6.10 Å². The van der Waals surface area contributed by atoms with Crippen LogP contribution in [0.1, 0.15) is 6.92 Å². The summed E-state index contributed by atoms with van der Waals surface area (Å²) in [5.74, 6) is 0.0159. The lowest BCUT2D eigenvalue weighted by Gasteiger charge is -2.16. The average Bonchev–Trinajstić information content (AvgIpc) is 2.40. The Balaban J connectivity index is 2.05. The summed E-state index contributed by atoms with van der Waals surface area (Å²) in [5, 5.41) is 4.35. The van der Waals surface area contributed by atoms with Crippen molar-refractivity contribution in [3.05, 3.63) is 56.5 Å². The normalized spacial score (nSPS) is 11.9. The molecule has 1 N–H and O–H groups in total. The van der Waals surface area contributed by atoms with Crippen LogP contribution in [0.5, 0.6) is 5.75 Å². The highest BCUT2D eigenvalue weighted by molar-refractivity contribution is 6.36. The topological polar surface area (TPSA) is 38.3 Å². The molecule has 1 atom stereocenters. The maximum absolute atomic E-state index is 12.1. The highest BCUT2D eigenvalue weighted by atomic mass is 35.5. The second-order valence-electron chi connectivity index (χ2n) is 4.48. The molecule has 0 saturated heterocycles. The van der Waals surface area contributed by atoms with Crippen molar-refractivity contribution in [2.24, 2.45) is 0 Å². The molecular weight excluding hydrogens is 368 g/mol. The van der Waals surface area contributed by atoms with Crippen LogP contribution in [-0.4, -0.2) is 12.0 Å². The van der Waals surface area contributed by atoms with Crippen molar-refractivity contribution in [1.82, 2.24) is 0 Å². The molecule has 0 aliphatic carbocycles. The van der Waals surface area contributed by atoms with Crippen LogP contribution in [-0.2, 0) is 4.79 Å². The quantitative estimate of drug-likeness (QED) is 0.740. The first-order valence-corrected chi connectivity index (χ1v) is 7.75. The molecule has 1 amide bonds. The Hall–Kier alpha value is -1.13. The molecule has 116 valence electrons. The number of rotatable bonds is 4. The van der Waals surface area contributed by atoms with Crippen molar-refractivity contribution in [1.29, 1.82) is 0 Å². The van der Waals surface area contributed by atoms with Gasteiger partial charge in [0.1, 0.15) is 5.75 Å². The first-order chi connectivity index (χ1) is 10.3. The Kier molecular flexibility index (Phi) is 5.81. The first kappa shape index (κ1) is 17.2. The van der Waals surface area contributed by atoms with E-state index < -0.39 is 6.10 Å². The highest BCUT2D eigenvalue weighted by Gasteiger charge is 2.17. The molecule has 2 aromatic rings. The van der Waals surface area contributed by atoms with E-state index in [1.54, 1.807) is 43.3 Å². The summed E-state index contributed by atoms with van der Waals surface area (Å²) < 4.78 is 5.53. The zero-order valence-electron chi connectivity index (χ0n) is 11.4. The van der Waals surface area contributed by atoms with E-state index >= 15 is 0 Å². The van der Waals surface area contributed by atoms with Crippen LogP contribution in [0.25, 0.3) is 0 Å². The van der Waals surface area contributed by atoms with Crippen molar-refractivity contribution in [3.63, 3.8) is 0 Å². The summed E-state index contributed by atoms with van der Waals surface area (Å²) in [6, 6.07) is 9.53. The molecule has 3 nitrogen and oxygen atoms in total. The van der Waals surface area contributed by atoms with E-state index in [0.717, 1.165) is 0 Å². The van der Waals surface area contributed by atoms with Crippen LogP contribution in [0.3, 0.4) is 0 Å². The van der Waals surface area contributed by atoms with Crippen molar-refractivity contribution in [2.45, 2.75) is 13.0 Å². The third kappa shape index (κ3) is 4.68.